The van der Waals surface area contributed by atoms with E-state index in [0.717, 1.165) is 0 Å². The third-order valence-electron chi connectivity index (χ3n) is 3.02. The molecule has 0 aliphatic carbocycles. The Hall–Kier alpha value is -1.79. The van der Waals surface area contributed by atoms with Gasteiger partial charge in [0.25, 0.3) is 5.91 Å². The van der Waals surface area contributed by atoms with Crippen LogP contribution in [0.4, 0.5) is 0 Å². The van der Waals surface area contributed by atoms with Crippen molar-refractivity contribution in [2.75, 3.05) is 19.7 Å². The molecule has 0 heterocycles. The largest absolute Gasteiger partial charge is 0.452 e. The van der Waals surface area contributed by atoms with Crippen molar-refractivity contribution in [3.8, 4) is 0 Å². The predicted octanol–water partition coefficient (Wildman–Crippen LogP) is 2.52. The smallest absolute Gasteiger partial charge is 0.340 e. The Morgan fingerprint density at radius 2 is 1.92 bits per heavy atom. The molecular formula is C16H20Cl2N2O4. The van der Waals surface area contributed by atoms with Crippen LogP contribution in [0.2, 0.25) is 10.0 Å². The van der Waals surface area contributed by atoms with Crippen LogP contribution < -0.4 is 5.32 Å². The summed E-state index contributed by atoms with van der Waals surface area (Å²) in [6, 6.07) is 4.53. The van der Waals surface area contributed by atoms with Crippen LogP contribution in [0.25, 0.3) is 0 Å². The fourth-order valence-electron chi connectivity index (χ4n) is 1.88. The first-order chi connectivity index (χ1) is 11.3. The third kappa shape index (κ3) is 6.02. The summed E-state index contributed by atoms with van der Waals surface area (Å²) in [5.41, 5.74) is 0.0811. The van der Waals surface area contributed by atoms with Crippen molar-refractivity contribution in [1.29, 1.82) is 0 Å². The molecule has 8 heteroatoms. The van der Waals surface area contributed by atoms with Gasteiger partial charge in [-0.3, -0.25) is 9.59 Å². The van der Waals surface area contributed by atoms with Crippen molar-refractivity contribution < 1.29 is 19.1 Å². The number of nitrogens with one attached hydrogen (secondary N) is 1. The second-order valence-corrected chi connectivity index (χ2v) is 6.09. The Morgan fingerprint density at radius 3 is 2.50 bits per heavy atom. The lowest BCUT2D eigenvalue weighted by Gasteiger charge is -2.21. The zero-order valence-corrected chi connectivity index (χ0v) is 15.3. The van der Waals surface area contributed by atoms with Gasteiger partial charge in [0, 0.05) is 12.6 Å². The van der Waals surface area contributed by atoms with Crippen molar-refractivity contribution >= 4 is 41.0 Å². The zero-order chi connectivity index (χ0) is 18.3. The van der Waals surface area contributed by atoms with E-state index in [1.54, 1.807) is 13.0 Å². The maximum atomic E-state index is 12.1. The van der Waals surface area contributed by atoms with E-state index in [1.807, 2.05) is 13.8 Å². The van der Waals surface area contributed by atoms with Crippen LogP contribution in [0.15, 0.2) is 18.2 Å². The highest BCUT2D eigenvalue weighted by Gasteiger charge is 2.19. The van der Waals surface area contributed by atoms with Gasteiger partial charge in [-0.05, 0) is 32.9 Å². The van der Waals surface area contributed by atoms with Crippen molar-refractivity contribution in [3.05, 3.63) is 33.8 Å². The Morgan fingerprint density at radius 1 is 1.25 bits per heavy atom. The van der Waals surface area contributed by atoms with Crippen LogP contribution in [0, 0.1) is 0 Å². The summed E-state index contributed by atoms with van der Waals surface area (Å²) < 4.78 is 4.97. The summed E-state index contributed by atoms with van der Waals surface area (Å²) in [5.74, 6) is -1.49. The number of esters is 1. The standard InChI is InChI=1S/C16H20Cl2N2O4/c1-4-20(8-13(21)19-10(2)3)14(22)9-24-16(23)11-6-5-7-12(17)15(11)18/h5-7,10H,4,8-9H2,1-3H3,(H,19,21). The second kappa shape index (κ2) is 9.49. The SMILES string of the molecule is CCN(CC(=O)NC(C)C)C(=O)COC(=O)c1cccc(Cl)c1Cl. The summed E-state index contributed by atoms with van der Waals surface area (Å²) in [6.07, 6.45) is 0. The number of hydrogen-bond acceptors (Lipinski definition) is 4. The molecule has 0 aromatic heterocycles. The maximum absolute atomic E-state index is 12.1. The van der Waals surface area contributed by atoms with Gasteiger partial charge in [0.15, 0.2) is 6.61 Å². The first-order valence-corrected chi connectivity index (χ1v) is 8.20. The lowest BCUT2D eigenvalue weighted by molar-refractivity contribution is -0.138. The van der Waals surface area contributed by atoms with E-state index in [-0.39, 0.29) is 34.1 Å². The average molecular weight is 375 g/mol. The Balaban J connectivity index is 2.61. The number of ether oxygens (including phenoxy) is 1. The molecule has 0 fully saturated rings. The second-order valence-electron chi connectivity index (χ2n) is 5.31. The summed E-state index contributed by atoms with van der Waals surface area (Å²) in [5, 5.41) is 2.98. The fourth-order valence-corrected chi connectivity index (χ4v) is 2.25. The number of halogens is 2. The summed E-state index contributed by atoms with van der Waals surface area (Å²) in [4.78, 5) is 37.1. The highest BCUT2D eigenvalue weighted by molar-refractivity contribution is 6.43. The van der Waals surface area contributed by atoms with E-state index in [4.69, 9.17) is 27.9 Å². The van der Waals surface area contributed by atoms with Gasteiger partial charge in [-0.15, -0.1) is 0 Å². The fraction of sp³-hybridized carbons (Fsp3) is 0.438. The van der Waals surface area contributed by atoms with Gasteiger partial charge in [0.1, 0.15) is 0 Å². The number of carbonyl (C=O) groups excluding carboxylic acids is 3. The topological polar surface area (TPSA) is 75.7 Å². The van der Waals surface area contributed by atoms with Gasteiger partial charge in [-0.1, -0.05) is 29.3 Å². The van der Waals surface area contributed by atoms with E-state index in [0.29, 0.717) is 6.54 Å². The van der Waals surface area contributed by atoms with Crippen molar-refractivity contribution in [3.63, 3.8) is 0 Å². The molecule has 0 saturated heterocycles. The third-order valence-corrected chi connectivity index (χ3v) is 3.84. The molecule has 1 aromatic rings. The van der Waals surface area contributed by atoms with E-state index >= 15 is 0 Å². The van der Waals surface area contributed by atoms with Gasteiger partial charge >= 0.3 is 5.97 Å². The number of hydrogen-bond donors (Lipinski definition) is 1. The predicted molar refractivity (Wildman–Crippen MR) is 92.3 cm³/mol. The molecule has 0 aliphatic rings. The van der Waals surface area contributed by atoms with E-state index in [9.17, 15) is 14.4 Å². The Bertz CT molecular complexity index is 620. The molecule has 0 radical (unpaired) electrons. The molecule has 0 bridgehead atoms. The molecule has 0 unspecified atom stereocenters. The van der Waals surface area contributed by atoms with Crippen molar-refractivity contribution in [2.24, 2.45) is 0 Å². The highest BCUT2D eigenvalue weighted by Crippen LogP contribution is 2.25. The van der Waals surface area contributed by atoms with Crippen LogP contribution in [0.3, 0.4) is 0 Å². The summed E-state index contributed by atoms with van der Waals surface area (Å²) in [6.45, 7) is 5.13. The lowest BCUT2D eigenvalue weighted by atomic mass is 10.2. The number of likely N-dealkylation sites (N-methyl/N-ethyl adjacent to an activating group) is 1. The van der Waals surface area contributed by atoms with Gasteiger partial charge in [-0.25, -0.2) is 4.79 Å². The van der Waals surface area contributed by atoms with E-state index in [1.165, 1.54) is 17.0 Å². The quantitative estimate of drug-likeness (QED) is 0.744. The first-order valence-electron chi connectivity index (χ1n) is 7.44. The number of rotatable bonds is 7. The molecule has 132 valence electrons. The molecule has 24 heavy (non-hydrogen) atoms. The Labute approximate surface area is 151 Å². The minimum absolute atomic E-state index is 0.0193. The number of nitrogens with zero attached hydrogens (tertiary/aromatic N) is 1. The lowest BCUT2D eigenvalue weighted by Crippen LogP contribution is -2.44. The molecule has 0 atom stereocenters. The van der Waals surface area contributed by atoms with Crippen LogP contribution >= 0.6 is 23.2 Å². The highest BCUT2D eigenvalue weighted by atomic mass is 35.5. The summed E-state index contributed by atoms with van der Waals surface area (Å²) >= 11 is 11.8. The maximum Gasteiger partial charge on any atom is 0.340 e. The normalized spacial score (nSPS) is 10.4. The monoisotopic (exact) mass is 374 g/mol. The van der Waals surface area contributed by atoms with Crippen LogP contribution in [0.1, 0.15) is 31.1 Å². The molecule has 1 N–H and O–H groups in total. The van der Waals surface area contributed by atoms with Crippen molar-refractivity contribution in [1.82, 2.24) is 10.2 Å². The average Bonchev–Trinajstić information content (AvgIpc) is 2.51. The van der Waals surface area contributed by atoms with Crippen LogP contribution in [0.5, 0.6) is 0 Å². The van der Waals surface area contributed by atoms with E-state index < -0.39 is 18.5 Å². The molecule has 1 aromatic carbocycles. The van der Waals surface area contributed by atoms with Crippen molar-refractivity contribution in [2.45, 2.75) is 26.8 Å². The number of carbonyl (C=O) groups is 3. The minimum Gasteiger partial charge on any atom is -0.452 e. The number of amides is 2. The van der Waals surface area contributed by atoms with Gasteiger partial charge in [0.2, 0.25) is 5.91 Å². The molecule has 0 spiro atoms. The minimum atomic E-state index is -0.751. The van der Waals surface area contributed by atoms with Crippen LogP contribution in [-0.2, 0) is 14.3 Å². The Kier molecular flexibility index (Phi) is 8.01. The molecular weight excluding hydrogens is 355 g/mol. The van der Waals surface area contributed by atoms with Gasteiger partial charge in [-0.2, -0.15) is 0 Å². The number of benzene rings is 1. The molecule has 6 nitrogen and oxygen atoms in total. The molecule has 0 saturated carbocycles. The van der Waals surface area contributed by atoms with Gasteiger partial charge < -0.3 is 15.0 Å². The zero-order valence-electron chi connectivity index (χ0n) is 13.8. The molecule has 1 rings (SSSR count). The van der Waals surface area contributed by atoms with Crippen LogP contribution in [-0.4, -0.2) is 48.4 Å². The summed E-state index contributed by atoms with van der Waals surface area (Å²) in [7, 11) is 0. The van der Waals surface area contributed by atoms with Gasteiger partial charge in [0.05, 0.1) is 22.2 Å². The molecule has 0 aliphatic heterocycles. The first kappa shape index (κ1) is 20.3. The van der Waals surface area contributed by atoms with E-state index in [2.05, 4.69) is 5.32 Å². The molecule has 2 amide bonds.